The van der Waals surface area contributed by atoms with Gasteiger partial charge in [0.05, 0.1) is 0 Å². The molecule has 3 nitrogen and oxygen atoms in total. The molecular weight excluding hydrogens is 246 g/mol. The molecule has 3 heteroatoms. The molecule has 0 unspecified atom stereocenters. The van der Waals surface area contributed by atoms with Crippen LogP contribution in [0, 0.1) is 23.2 Å². The second-order valence-electron chi connectivity index (χ2n) is 7.63. The highest BCUT2D eigenvalue weighted by Crippen LogP contribution is 2.61. The van der Waals surface area contributed by atoms with Gasteiger partial charge in [-0.25, -0.2) is 9.97 Å². The Morgan fingerprint density at radius 1 is 1.00 bits per heavy atom. The molecule has 4 aliphatic carbocycles. The zero-order chi connectivity index (χ0) is 13.6. The van der Waals surface area contributed by atoms with Gasteiger partial charge in [-0.1, -0.05) is 0 Å². The van der Waals surface area contributed by atoms with Gasteiger partial charge in [0.15, 0.2) is 0 Å². The van der Waals surface area contributed by atoms with E-state index in [1.165, 1.54) is 44.9 Å². The summed E-state index contributed by atoms with van der Waals surface area (Å²) in [6, 6.07) is 0. The van der Waals surface area contributed by atoms with Crippen molar-refractivity contribution in [2.45, 2.75) is 57.9 Å². The van der Waals surface area contributed by atoms with E-state index in [-0.39, 0.29) is 0 Å². The van der Waals surface area contributed by atoms with Gasteiger partial charge in [0, 0.05) is 30.9 Å². The number of nitrogens with two attached hydrogens (primary N) is 1. The van der Waals surface area contributed by atoms with Crippen LogP contribution in [-0.2, 0) is 13.0 Å². The van der Waals surface area contributed by atoms with E-state index >= 15 is 0 Å². The van der Waals surface area contributed by atoms with Crippen LogP contribution in [-0.4, -0.2) is 9.97 Å². The normalized spacial score (nSPS) is 38.4. The van der Waals surface area contributed by atoms with Crippen molar-refractivity contribution in [3.8, 4) is 0 Å². The molecule has 20 heavy (non-hydrogen) atoms. The van der Waals surface area contributed by atoms with Gasteiger partial charge in [0.2, 0.25) is 0 Å². The fraction of sp³-hybridized carbons (Fsp3) is 0.765. The Kier molecular flexibility index (Phi) is 3.06. The maximum atomic E-state index is 5.60. The van der Waals surface area contributed by atoms with Crippen molar-refractivity contribution in [3.05, 3.63) is 23.8 Å². The number of hydrogen-bond donors (Lipinski definition) is 1. The number of hydrogen-bond acceptors (Lipinski definition) is 3. The van der Waals surface area contributed by atoms with Crippen LogP contribution < -0.4 is 5.73 Å². The average Bonchev–Trinajstić information content (AvgIpc) is 2.44. The van der Waals surface area contributed by atoms with E-state index in [2.05, 4.69) is 9.97 Å². The fourth-order valence-corrected chi connectivity index (χ4v) is 5.59. The lowest BCUT2D eigenvalue weighted by Crippen LogP contribution is -2.46. The Bertz CT molecular complexity index is 444. The molecule has 0 radical (unpaired) electrons. The van der Waals surface area contributed by atoms with Crippen LogP contribution in [0.25, 0.3) is 0 Å². The first-order valence-corrected chi connectivity index (χ1v) is 8.24. The van der Waals surface area contributed by atoms with Gasteiger partial charge in [0.1, 0.15) is 5.82 Å². The Morgan fingerprint density at radius 3 is 2.05 bits per heavy atom. The first kappa shape index (κ1) is 12.8. The average molecular weight is 271 g/mol. The van der Waals surface area contributed by atoms with Gasteiger partial charge in [-0.2, -0.15) is 0 Å². The maximum Gasteiger partial charge on any atom is 0.128 e. The van der Waals surface area contributed by atoms with Crippen molar-refractivity contribution in [1.29, 1.82) is 0 Å². The van der Waals surface area contributed by atoms with E-state index in [0.29, 0.717) is 12.0 Å². The summed E-state index contributed by atoms with van der Waals surface area (Å²) in [5.74, 6) is 4.14. The molecule has 4 aliphatic rings. The van der Waals surface area contributed by atoms with Crippen LogP contribution in [0.2, 0.25) is 0 Å². The van der Waals surface area contributed by atoms with Crippen LogP contribution >= 0.6 is 0 Å². The standard InChI is InChI=1S/C17H25N3/c18-9-15-10-19-16(20-11-15)1-2-17-6-12-3-13(7-17)5-14(4-12)8-17/h10-14H,1-9,18H2. The summed E-state index contributed by atoms with van der Waals surface area (Å²) in [6.45, 7) is 0.537. The third kappa shape index (κ3) is 2.26. The number of nitrogens with zero attached hydrogens (tertiary/aromatic N) is 2. The van der Waals surface area contributed by atoms with E-state index < -0.39 is 0 Å². The minimum absolute atomic E-state index is 0.537. The zero-order valence-corrected chi connectivity index (χ0v) is 12.2. The molecule has 0 saturated heterocycles. The quantitative estimate of drug-likeness (QED) is 0.915. The van der Waals surface area contributed by atoms with Crippen LogP contribution in [0.3, 0.4) is 0 Å². The highest BCUT2D eigenvalue weighted by atomic mass is 14.9. The van der Waals surface area contributed by atoms with E-state index in [1.807, 2.05) is 12.4 Å². The van der Waals surface area contributed by atoms with Crippen molar-refractivity contribution in [3.63, 3.8) is 0 Å². The molecule has 0 aromatic carbocycles. The second kappa shape index (κ2) is 4.80. The van der Waals surface area contributed by atoms with Crippen molar-refractivity contribution >= 4 is 0 Å². The molecule has 1 heterocycles. The zero-order valence-electron chi connectivity index (χ0n) is 12.2. The van der Waals surface area contributed by atoms with Gasteiger partial charge in [-0.05, 0) is 68.1 Å². The molecule has 4 saturated carbocycles. The Hall–Kier alpha value is -0.960. The summed E-state index contributed by atoms with van der Waals surface area (Å²) < 4.78 is 0. The van der Waals surface area contributed by atoms with Crippen LogP contribution in [0.5, 0.6) is 0 Å². The molecule has 0 aliphatic heterocycles. The molecule has 0 atom stereocenters. The summed E-state index contributed by atoms with van der Waals surface area (Å²) in [5, 5.41) is 0. The van der Waals surface area contributed by atoms with Gasteiger partial charge in [0.25, 0.3) is 0 Å². The van der Waals surface area contributed by atoms with Gasteiger partial charge < -0.3 is 5.73 Å². The van der Waals surface area contributed by atoms with Gasteiger partial charge in [-0.15, -0.1) is 0 Å². The smallest absolute Gasteiger partial charge is 0.128 e. The minimum atomic E-state index is 0.537. The lowest BCUT2D eigenvalue weighted by molar-refractivity contribution is -0.0572. The monoisotopic (exact) mass is 271 g/mol. The van der Waals surface area contributed by atoms with E-state index in [1.54, 1.807) is 0 Å². The predicted octanol–water partition coefficient (Wildman–Crippen LogP) is 3.08. The largest absolute Gasteiger partial charge is 0.326 e. The molecule has 0 spiro atoms. The van der Waals surface area contributed by atoms with Crippen molar-refractivity contribution in [1.82, 2.24) is 9.97 Å². The summed E-state index contributed by atoms with van der Waals surface area (Å²) in [4.78, 5) is 8.95. The van der Waals surface area contributed by atoms with Crippen LogP contribution in [0.1, 0.15) is 56.3 Å². The van der Waals surface area contributed by atoms with E-state index in [0.717, 1.165) is 35.6 Å². The second-order valence-corrected chi connectivity index (χ2v) is 7.63. The van der Waals surface area contributed by atoms with Crippen LogP contribution in [0.4, 0.5) is 0 Å². The lowest BCUT2D eigenvalue weighted by Gasteiger charge is -2.57. The summed E-state index contributed by atoms with van der Waals surface area (Å²) in [5.41, 5.74) is 7.27. The highest BCUT2D eigenvalue weighted by Gasteiger charge is 2.50. The first-order valence-electron chi connectivity index (χ1n) is 8.24. The molecule has 2 N–H and O–H groups in total. The fourth-order valence-electron chi connectivity index (χ4n) is 5.59. The molecule has 1 aromatic rings. The molecule has 4 fully saturated rings. The molecule has 4 bridgehead atoms. The van der Waals surface area contributed by atoms with Crippen molar-refractivity contribution < 1.29 is 0 Å². The maximum absolute atomic E-state index is 5.60. The number of rotatable bonds is 4. The van der Waals surface area contributed by atoms with Crippen molar-refractivity contribution in [2.24, 2.45) is 28.9 Å². The predicted molar refractivity (Wildman–Crippen MR) is 78.8 cm³/mol. The van der Waals surface area contributed by atoms with Crippen LogP contribution in [0.15, 0.2) is 12.4 Å². The molecule has 0 amide bonds. The summed E-state index contributed by atoms with van der Waals surface area (Å²) in [7, 11) is 0. The Balaban J connectivity index is 1.43. The summed E-state index contributed by atoms with van der Waals surface area (Å²) >= 11 is 0. The molecule has 1 aromatic heterocycles. The lowest BCUT2D eigenvalue weighted by atomic mass is 9.48. The van der Waals surface area contributed by atoms with Gasteiger partial charge >= 0.3 is 0 Å². The van der Waals surface area contributed by atoms with Gasteiger partial charge in [-0.3, -0.25) is 0 Å². The van der Waals surface area contributed by atoms with Crippen molar-refractivity contribution in [2.75, 3.05) is 0 Å². The first-order chi connectivity index (χ1) is 9.75. The third-order valence-electron chi connectivity index (χ3n) is 6.04. The Morgan fingerprint density at radius 2 is 1.55 bits per heavy atom. The SMILES string of the molecule is NCc1cnc(CCC23CC4CC(CC(C4)C2)C3)nc1. The third-order valence-corrected chi connectivity index (χ3v) is 6.04. The highest BCUT2D eigenvalue weighted by molar-refractivity contribution is 5.06. The molecular formula is C17H25N3. The summed E-state index contributed by atoms with van der Waals surface area (Å²) in [6.07, 6.45) is 15.2. The number of aromatic nitrogens is 2. The minimum Gasteiger partial charge on any atom is -0.326 e. The Labute approximate surface area is 121 Å². The molecule has 5 rings (SSSR count). The molecule has 108 valence electrons. The topological polar surface area (TPSA) is 51.8 Å². The van der Waals surface area contributed by atoms with E-state index in [4.69, 9.17) is 5.73 Å². The van der Waals surface area contributed by atoms with E-state index in [9.17, 15) is 0 Å². The number of aryl methyl sites for hydroxylation is 1.